The average molecular weight is 239 g/mol. The zero-order chi connectivity index (χ0) is 12.1. The topological polar surface area (TPSA) is 60.2 Å². The lowest BCUT2D eigenvalue weighted by atomic mass is 10.0. The fourth-order valence-corrected chi connectivity index (χ4v) is 1.88. The number of hydrogen-bond donors (Lipinski definition) is 0. The summed E-state index contributed by atoms with van der Waals surface area (Å²) in [4.78, 5) is 22.1. The van der Waals surface area contributed by atoms with Crippen molar-refractivity contribution in [2.45, 2.75) is 13.3 Å². The van der Waals surface area contributed by atoms with Crippen LogP contribution in [0.3, 0.4) is 0 Å². The van der Waals surface area contributed by atoms with Crippen LogP contribution < -0.4 is 0 Å². The van der Waals surface area contributed by atoms with Gasteiger partial charge in [0, 0.05) is 18.2 Å². The van der Waals surface area contributed by atoms with Gasteiger partial charge in [-0.1, -0.05) is 12.1 Å². The molecule has 4 nitrogen and oxygen atoms in total. The van der Waals surface area contributed by atoms with Crippen LogP contribution in [0.25, 0.3) is 0 Å². The number of rotatable bonds is 5. The Morgan fingerprint density at radius 2 is 2.19 bits per heavy atom. The zero-order valence-corrected chi connectivity index (χ0v) is 10.0. The van der Waals surface area contributed by atoms with Crippen molar-refractivity contribution in [3.8, 4) is 0 Å². The van der Waals surface area contributed by atoms with Gasteiger partial charge in [-0.3, -0.25) is 14.9 Å². The summed E-state index contributed by atoms with van der Waals surface area (Å²) < 4.78 is 0. The molecule has 0 amide bonds. The molecule has 0 aliphatic carbocycles. The Morgan fingerprint density at radius 1 is 1.50 bits per heavy atom. The molecule has 5 heteroatoms. The number of carbonyl (C=O) groups is 1. The van der Waals surface area contributed by atoms with Crippen molar-refractivity contribution < 1.29 is 9.72 Å². The van der Waals surface area contributed by atoms with Crippen molar-refractivity contribution in [2.75, 3.05) is 12.0 Å². The number of Topliss-reactive ketones (excluding diaryl/α,β-unsaturated/α-hetero) is 1. The SMILES string of the molecule is CSCCC(=O)c1c(C)cccc1[N+](=O)[O-]. The molecular formula is C11H13NO3S. The first kappa shape index (κ1) is 12.7. The van der Waals surface area contributed by atoms with E-state index in [-0.39, 0.29) is 17.0 Å². The maximum atomic E-state index is 11.8. The molecule has 16 heavy (non-hydrogen) atoms. The number of carbonyl (C=O) groups excluding carboxylic acids is 1. The molecule has 0 aliphatic rings. The molecule has 0 fully saturated rings. The van der Waals surface area contributed by atoms with Crippen molar-refractivity contribution in [1.82, 2.24) is 0 Å². The van der Waals surface area contributed by atoms with E-state index in [0.29, 0.717) is 17.7 Å². The van der Waals surface area contributed by atoms with Gasteiger partial charge >= 0.3 is 0 Å². The molecule has 0 saturated heterocycles. The Kier molecular flexibility index (Phi) is 4.49. The van der Waals surface area contributed by atoms with Gasteiger partial charge in [0.1, 0.15) is 0 Å². The molecule has 0 unspecified atom stereocenters. The molecule has 1 aromatic rings. The molecule has 0 aliphatic heterocycles. The summed E-state index contributed by atoms with van der Waals surface area (Å²) in [6, 6.07) is 4.69. The van der Waals surface area contributed by atoms with E-state index in [1.54, 1.807) is 30.8 Å². The molecule has 0 radical (unpaired) electrons. The van der Waals surface area contributed by atoms with Crippen molar-refractivity contribution in [2.24, 2.45) is 0 Å². The predicted molar refractivity (Wildman–Crippen MR) is 65.2 cm³/mol. The monoisotopic (exact) mass is 239 g/mol. The van der Waals surface area contributed by atoms with E-state index < -0.39 is 4.92 Å². The van der Waals surface area contributed by atoms with Gasteiger partial charge in [-0.05, 0) is 18.7 Å². The van der Waals surface area contributed by atoms with E-state index in [4.69, 9.17) is 0 Å². The number of hydrogen-bond acceptors (Lipinski definition) is 4. The van der Waals surface area contributed by atoms with Crippen LogP contribution in [0.5, 0.6) is 0 Å². The maximum absolute atomic E-state index is 11.8. The number of thioether (sulfide) groups is 1. The zero-order valence-electron chi connectivity index (χ0n) is 9.23. The van der Waals surface area contributed by atoms with Crippen molar-refractivity contribution in [1.29, 1.82) is 0 Å². The minimum absolute atomic E-state index is 0.0916. The molecular weight excluding hydrogens is 226 g/mol. The Morgan fingerprint density at radius 3 is 2.75 bits per heavy atom. The summed E-state index contributed by atoms with van der Waals surface area (Å²) in [6.07, 6.45) is 2.24. The van der Waals surface area contributed by atoms with Gasteiger partial charge in [-0.2, -0.15) is 11.8 Å². The number of nitro groups is 1. The fourth-order valence-electron chi connectivity index (χ4n) is 1.49. The Labute approximate surface area is 98.2 Å². The second-order valence-corrected chi connectivity index (χ2v) is 4.38. The molecule has 0 saturated carbocycles. The lowest BCUT2D eigenvalue weighted by Crippen LogP contribution is -2.07. The Balaban J connectivity index is 3.10. The minimum Gasteiger partial charge on any atom is -0.294 e. The normalized spacial score (nSPS) is 10.1. The van der Waals surface area contributed by atoms with Crippen molar-refractivity contribution in [3.63, 3.8) is 0 Å². The smallest absolute Gasteiger partial charge is 0.280 e. The average Bonchev–Trinajstić information content (AvgIpc) is 2.25. The Hall–Kier alpha value is -1.36. The van der Waals surface area contributed by atoms with E-state index in [9.17, 15) is 14.9 Å². The summed E-state index contributed by atoms with van der Waals surface area (Å²) in [5, 5.41) is 10.8. The molecule has 0 atom stereocenters. The second-order valence-electron chi connectivity index (χ2n) is 3.39. The number of nitro benzene ring substituents is 1. The van der Waals surface area contributed by atoms with Crippen LogP contribution in [-0.4, -0.2) is 22.7 Å². The fraction of sp³-hybridized carbons (Fsp3) is 0.364. The Bertz CT molecular complexity index is 418. The highest BCUT2D eigenvalue weighted by Crippen LogP contribution is 2.23. The van der Waals surface area contributed by atoms with E-state index in [2.05, 4.69) is 0 Å². The third-order valence-corrected chi connectivity index (χ3v) is 2.87. The second kappa shape index (κ2) is 5.65. The number of nitrogens with zero attached hydrogens (tertiary/aromatic N) is 1. The largest absolute Gasteiger partial charge is 0.294 e. The van der Waals surface area contributed by atoms with Crippen LogP contribution in [0.15, 0.2) is 18.2 Å². The van der Waals surface area contributed by atoms with E-state index in [0.717, 1.165) is 0 Å². The molecule has 0 bridgehead atoms. The lowest BCUT2D eigenvalue weighted by Gasteiger charge is -2.04. The summed E-state index contributed by atoms with van der Waals surface area (Å²) in [7, 11) is 0. The molecule has 1 rings (SSSR count). The standard InChI is InChI=1S/C11H13NO3S/c1-8-4-3-5-9(12(14)15)11(8)10(13)6-7-16-2/h3-5H,6-7H2,1-2H3. The third kappa shape index (κ3) is 2.82. The van der Waals surface area contributed by atoms with Crippen molar-refractivity contribution in [3.05, 3.63) is 39.4 Å². The van der Waals surface area contributed by atoms with Gasteiger partial charge in [-0.25, -0.2) is 0 Å². The number of benzene rings is 1. The van der Waals surface area contributed by atoms with Crippen LogP contribution >= 0.6 is 11.8 Å². The number of ketones is 1. The van der Waals surface area contributed by atoms with E-state index in [1.165, 1.54) is 6.07 Å². The van der Waals surface area contributed by atoms with Crippen LogP contribution in [0.4, 0.5) is 5.69 Å². The first-order chi connectivity index (χ1) is 7.57. The van der Waals surface area contributed by atoms with Gasteiger partial charge in [0.15, 0.2) is 5.78 Å². The molecule has 0 heterocycles. The molecule has 1 aromatic carbocycles. The maximum Gasteiger partial charge on any atom is 0.280 e. The molecule has 0 N–H and O–H groups in total. The van der Waals surface area contributed by atoms with Gasteiger partial charge in [0.2, 0.25) is 0 Å². The van der Waals surface area contributed by atoms with Crippen LogP contribution in [0, 0.1) is 17.0 Å². The number of aryl methyl sites for hydroxylation is 1. The summed E-state index contributed by atoms with van der Waals surface area (Å²) in [5.41, 5.74) is 0.827. The lowest BCUT2D eigenvalue weighted by molar-refractivity contribution is -0.385. The molecule has 86 valence electrons. The van der Waals surface area contributed by atoms with Gasteiger partial charge < -0.3 is 0 Å². The summed E-state index contributed by atoms with van der Waals surface area (Å²) in [5.74, 6) is 0.531. The highest BCUT2D eigenvalue weighted by molar-refractivity contribution is 7.98. The van der Waals surface area contributed by atoms with E-state index >= 15 is 0 Å². The first-order valence-corrected chi connectivity index (χ1v) is 6.23. The van der Waals surface area contributed by atoms with Gasteiger partial charge in [-0.15, -0.1) is 0 Å². The minimum atomic E-state index is -0.501. The van der Waals surface area contributed by atoms with Crippen LogP contribution in [-0.2, 0) is 0 Å². The van der Waals surface area contributed by atoms with E-state index in [1.807, 2.05) is 6.26 Å². The summed E-state index contributed by atoms with van der Waals surface area (Å²) in [6.45, 7) is 1.72. The summed E-state index contributed by atoms with van der Waals surface area (Å²) >= 11 is 1.55. The van der Waals surface area contributed by atoms with Gasteiger partial charge in [0.05, 0.1) is 10.5 Å². The quantitative estimate of drug-likeness (QED) is 0.450. The van der Waals surface area contributed by atoms with Crippen LogP contribution in [0.2, 0.25) is 0 Å². The highest BCUT2D eigenvalue weighted by Gasteiger charge is 2.21. The molecule has 0 spiro atoms. The molecule has 0 aromatic heterocycles. The van der Waals surface area contributed by atoms with Gasteiger partial charge in [0.25, 0.3) is 5.69 Å². The van der Waals surface area contributed by atoms with Crippen LogP contribution in [0.1, 0.15) is 22.3 Å². The predicted octanol–water partition coefficient (Wildman–Crippen LogP) is 2.84. The highest BCUT2D eigenvalue weighted by atomic mass is 32.2. The van der Waals surface area contributed by atoms with Crippen molar-refractivity contribution >= 4 is 23.2 Å². The third-order valence-electron chi connectivity index (χ3n) is 2.26. The first-order valence-electron chi connectivity index (χ1n) is 4.84.